The van der Waals surface area contributed by atoms with Crippen molar-refractivity contribution >= 4 is 88.7 Å². The molecule has 0 saturated carbocycles. The molecule has 16 N–H and O–H groups in total. The SMILES string of the molecule is C/C=C1\NC(=O)[C@H](Cc2ccccc2)NC(=O)[C@@H](C(C)C)NC(=O)C([C@H](C)CC)NC(=O)C(NC(=O)[C@H](NC(=O)[C@H](CCCN)NC(=O)[C@H]2CCCN2C(=O)[C@H](NC(=O)[C@@H](NC(=O)[C@@H](NC(=O)[C@H](NC(=O)[C@@H](Cc2ccc(F)c(F)c2)NC(=O)CCC(C)CC)C(C)C)[C@@H](C)O)C(C)C)C(C)C)[C@@H](C)CC)C(C)OC(=O)[C@H](C(C)C)NC1=O. The topological polar surface area (TPSA) is 471 Å². The number of nitrogens with one attached hydrogen (secondary N) is 13. The first-order valence-electron chi connectivity index (χ1n) is 41.4. The summed E-state index contributed by atoms with van der Waals surface area (Å²) >= 11 is 0. The Morgan fingerprint density at radius 3 is 1.68 bits per heavy atom. The van der Waals surface area contributed by atoms with Gasteiger partial charge in [-0.15, -0.1) is 0 Å². The summed E-state index contributed by atoms with van der Waals surface area (Å²) in [4.78, 5) is 218. The van der Waals surface area contributed by atoms with Gasteiger partial charge in [-0.3, -0.25) is 67.1 Å². The first kappa shape index (κ1) is 100. The van der Waals surface area contributed by atoms with Crippen LogP contribution in [0, 0.1) is 59.0 Å². The molecule has 2 aromatic carbocycles. The summed E-state index contributed by atoms with van der Waals surface area (Å²) in [7, 11) is 0. The van der Waals surface area contributed by atoms with Crippen LogP contribution < -0.4 is 74.9 Å². The molecule has 2 heterocycles. The molecular weight excluding hydrogens is 1530 g/mol. The Morgan fingerprint density at radius 1 is 0.585 bits per heavy atom. The number of ether oxygens (including phenoxy) is 1. The Bertz CT molecular complexity index is 3830. The molecule has 14 amide bonds. The van der Waals surface area contributed by atoms with E-state index < -0.39 is 232 Å². The maximum atomic E-state index is 15.1. The maximum Gasteiger partial charge on any atom is 0.329 e. The Labute approximate surface area is 692 Å². The van der Waals surface area contributed by atoms with Crippen LogP contribution in [0.15, 0.2) is 60.3 Å². The highest BCUT2D eigenvalue weighted by Gasteiger charge is 2.45. The van der Waals surface area contributed by atoms with Crippen molar-refractivity contribution in [3.8, 4) is 0 Å². The molecule has 658 valence electrons. The van der Waals surface area contributed by atoms with Gasteiger partial charge in [0.15, 0.2) is 11.6 Å². The molecule has 0 bridgehead atoms. The number of nitrogens with zero attached hydrogens (tertiary/aromatic N) is 1. The van der Waals surface area contributed by atoms with Crippen LogP contribution in [0.5, 0.6) is 0 Å². The number of aliphatic hydroxyl groups excluding tert-OH is 1. The van der Waals surface area contributed by atoms with E-state index in [9.17, 15) is 76.2 Å². The molecule has 4 unspecified atom stereocenters. The number of allylic oxidation sites excluding steroid dienone is 1. The van der Waals surface area contributed by atoms with Crippen LogP contribution in [0.3, 0.4) is 0 Å². The molecule has 34 heteroatoms. The van der Waals surface area contributed by atoms with Gasteiger partial charge in [0.2, 0.25) is 76.8 Å². The third-order valence-corrected chi connectivity index (χ3v) is 21.7. The van der Waals surface area contributed by atoms with Gasteiger partial charge in [-0.2, -0.15) is 0 Å². The van der Waals surface area contributed by atoms with Gasteiger partial charge < -0.3 is 89.6 Å². The minimum atomic E-state index is -1.85. The number of benzene rings is 2. The fourth-order valence-electron chi connectivity index (χ4n) is 13.4. The zero-order chi connectivity index (χ0) is 88.9. The molecule has 2 saturated heterocycles. The second kappa shape index (κ2) is 48.2. The second-order valence-electron chi connectivity index (χ2n) is 33.0. The van der Waals surface area contributed by atoms with Crippen LogP contribution in [-0.2, 0) is 89.5 Å². The molecule has 2 aliphatic heterocycles. The van der Waals surface area contributed by atoms with E-state index in [1.165, 1.54) is 37.8 Å². The van der Waals surface area contributed by atoms with E-state index >= 15 is 9.59 Å². The van der Waals surface area contributed by atoms with E-state index in [0.29, 0.717) is 18.4 Å². The molecule has 0 aliphatic carbocycles. The molecule has 32 nitrogen and oxygen atoms in total. The highest BCUT2D eigenvalue weighted by Crippen LogP contribution is 2.24. The lowest BCUT2D eigenvalue weighted by Gasteiger charge is -2.34. The molecule has 0 aromatic heterocycles. The van der Waals surface area contributed by atoms with Gasteiger partial charge in [0.05, 0.1) is 6.10 Å². The number of rotatable bonds is 37. The first-order chi connectivity index (χ1) is 55.4. The van der Waals surface area contributed by atoms with Crippen molar-refractivity contribution in [2.75, 3.05) is 13.1 Å². The lowest BCUT2D eigenvalue weighted by Crippen LogP contribution is -2.64. The van der Waals surface area contributed by atoms with Crippen LogP contribution in [0.4, 0.5) is 8.78 Å². The molecule has 0 spiro atoms. The number of hydrogen-bond donors (Lipinski definition) is 15. The first-order valence-corrected chi connectivity index (χ1v) is 41.4. The Kier molecular flexibility index (Phi) is 41.0. The monoisotopic (exact) mass is 1660 g/mol. The minimum absolute atomic E-state index is 0.0200. The van der Waals surface area contributed by atoms with Gasteiger partial charge in [0.1, 0.15) is 90.3 Å². The van der Waals surface area contributed by atoms with Crippen LogP contribution >= 0.6 is 0 Å². The van der Waals surface area contributed by atoms with Crippen LogP contribution in [0.2, 0.25) is 0 Å². The zero-order valence-corrected chi connectivity index (χ0v) is 71.9. The smallest absolute Gasteiger partial charge is 0.329 e. The summed E-state index contributed by atoms with van der Waals surface area (Å²) in [5.74, 6) is -19.9. The van der Waals surface area contributed by atoms with Crippen molar-refractivity contribution in [1.82, 2.24) is 74.0 Å². The van der Waals surface area contributed by atoms with E-state index in [1.807, 2.05) is 13.8 Å². The summed E-state index contributed by atoms with van der Waals surface area (Å²) in [6.07, 6.45) is 0.0238. The summed E-state index contributed by atoms with van der Waals surface area (Å²) in [6.45, 7) is 30.8. The van der Waals surface area contributed by atoms with Gasteiger partial charge >= 0.3 is 5.97 Å². The number of cyclic esters (lactones) is 1. The third-order valence-electron chi connectivity index (χ3n) is 21.7. The van der Waals surface area contributed by atoms with Gasteiger partial charge in [0.25, 0.3) is 5.91 Å². The maximum absolute atomic E-state index is 15.1. The van der Waals surface area contributed by atoms with E-state index in [4.69, 9.17) is 10.5 Å². The highest BCUT2D eigenvalue weighted by atomic mass is 19.2. The predicted molar refractivity (Wildman–Crippen MR) is 437 cm³/mol. The van der Waals surface area contributed by atoms with Crippen molar-refractivity contribution in [3.05, 3.63) is 83.1 Å². The molecule has 18 atom stereocenters. The summed E-state index contributed by atoms with van der Waals surface area (Å²) in [5, 5.41) is 45.7. The number of hydrogen-bond acceptors (Lipinski definition) is 18. The molecule has 2 aromatic rings. The summed E-state index contributed by atoms with van der Waals surface area (Å²) < 4.78 is 34.3. The number of carbonyl (C=O) groups excluding carboxylic acids is 15. The number of esters is 1. The molecule has 2 aliphatic rings. The lowest BCUT2D eigenvalue weighted by molar-refractivity contribution is -0.157. The second-order valence-corrected chi connectivity index (χ2v) is 33.0. The van der Waals surface area contributed by atoms with Gasteiger partial charge in [-0.25, -0.2) is 13.6 Å². The Morgan fingerprint density at radius 2 is 1.14 bits per heavy atom. The highest BCUT2D eigenvalue weighted by molar-refractivity contribution is 6.03. The quantitative estimate of drug-likeness (QED) is 0.0341. The molecule has 118 heavy (non-hydrogen) atoms. The molecule has 0 radical (unpaired) electrons. The van der Waals surface area contributed by atoms with Gasteiger partial charge in [-0.1, -0.05) is 173 Å². The summed E-state index contributed by atoms with van der Waals surface area (Å²) in [5.41, 5.74) is 6.49. The zero-order valence-electron chi connectivity index (χ0n) is 71.9. The van der Waals surface area contributed by atoms with Crippen LogP contribution in [0.25, 0.3) is 0 Å². The van der Waals surface area contributed by atoms with Crippen LogP contribution in [-0.4, -0.2) is 203 Å². The Balaban J connectivity index is 1.62. The largest absolute Gasteiger partial charge is 0.458 e. The van der Waals surface area contributed by atoms with Crippen molar-refractivity contribution in [3.63, 3.8) is 0 Å². The third kappa shape index (κ3) is 29.8. The fourth-order valence-corrected chi connectivity index (χ4v) is 13.4. The average Bonchev–Trinajstić information content (AvgIpc) is 1.43. The predicted octanol–water partition coefficient (Wildman–Crippen LogP) is 2.84. The standard InChI is InChI=1S/C84H131F2N15O17/c1-20-47(15)33-36-61(103)88-58(41-53-34-35-54(85)55(86)39-53)74(107)92-63(43(7)8)78(111)99-69(50(18)102)81(114)94-64(44(9)10)77(110)95-65(45(11)12)83(116)101-38-28-32-60(101)75(108)90-57(31-27-37-87)72(105)97-67(48(16)21-2)80(113)100-70-51(19)118-84(117)66(46(13)14)96-71(104)56(23-4)89-73(106)59(40-52-29-25-24-26-30-52)91-76(109)62(42(5)6)93-79(112)68(49(17)22-3)98-82(70)115/h23-26,29-30,34-35,39,42-51,57-60,62-70,102H,20-22,27-28,31-33,36-38,40-41,87H2,1-19H3,(H,88,103)(H,89,106)(H,90,108)(H,91,109)(H,92,107)(H,93,112)(H,94,114)(H,95,110)(H,96,104)(H,97,105)(H,98,115)(H,99,111)(H,100,113)/b56-23-/t47?,48-,49+,50+,51?,57-,58+,59-,60+,62+,63+,64-,65+,66-,67+,68?,69-,70?/m0/s1. The van der Waals surface area contributed by atoms with Gasteiger partial charge in [0, 0.05) is 25.8 Å². The van der Waals surface area contributed by atoms with Gasteiger partial charge in [-0.05, 0) is 130 Å². The molecule has 2 fully saturated rings. The number of carbonyl (C=O) groups is 15. The number of likely N-dealkylation sites (tertiary alicyclic amines) is 1. The lowest BCUT2D eigenvalue weighted by atomic mass is 9.95. The number of halogens is 2. The van der Waals surface area contributed by atoms with E-state index in [-0.39, 0.29) is 81.6 Å². The average molecular weight is 1660 g/mol. The van der Waals surface area contributed by atoms with Crippen molar-refractivity contribution in [2.45, 2.75) is 293 Å². The molecule has 4 rings (SSSR count). The summed E-state index contributed by atoms with van der Waals surface area (Å²) in [6, 6.07) is -7.06. The van der Waals surface area contributed by atoms with E-state index in [2.05, 4.69) is 69.1 Å². The van der Waals surface area contributed by atoms with Crippen molar-refractivity contribution in [2.24, 2.45) is 53.1 Å². The van der Waals surface area contributed by atoms with Crippen molar-refractivity contribution in [1.29, 1.82) is 0 Å². The van der Waals surface area contributed by atoms with Crippen LogP contribution in [0.1, 0.15) is 200 Å². The van der Waals surface area contributed by atoms with E-state index in [0.717, 1.165) is 18.6 Å². The minimum Gasteiger partial charge on any atom is -0.458 e. The number of amides is 14. The molecular formula is C84H131F2N15O17. The Hall–Kier alpha value is -9.99. The number of aliphatic hydroxyl groups is 1. The number of nitrogens with two attached hydrogens (primary N) is 1. The fraction of sp³-hybridized carbons (Fsp3) is 0.655. The van der Waals surface area contributed by atoms with Crippen molar-refractivity contribution < 1.29 is 90.5 Å². The normalized spacial score (nSPS) is 21.8. The van der Waals surface area contributed by atoms with E-state index in [1.54, 1.807) is 127 Å².